The maximum absolute atomic E-state index is 11.8. The van der Waals surface area contributed by atoms with Crippen LogP contribution in [0.3, 0.4) is 0 Å². The maximum atomic E-state index is 11.8. The Morgan fingerprint density at radius 1 is 1.19 bits per heavy atom. The minimum absolute atomic E-state index is 0.0855. The predicted octanol–water partition coefficient (Wildman–Crippen LogP) is 2.66. The summed E-state index contributed by atoms with van der Waals surface area (Å²) in [6.07, 6.45) is 1.54. The van der Waals surface area contributed by atoms with Crippen LogP contribution in [0.1, 0.15) is 32.6 Å². The molecule has 0 saturated carbocycles. The Morgan fingerprint density at radius 2 is 1.86 bits per heavy atom. The number of ether oxygens (including phenoxy) is 1. The van der Waals surface area contributed by atoms with Crippen molar-refractivity contribution in [2.75, 3.05) is 12.0 Å². The molecule has 1 aromatic carbocycles. The normalized spacial score (nSPS) is 11.0. The second kappa shape index (κ2) is 9.52. The van der Waals surface area contributed by atoms with Crippen molar-refractivity contribution < 1.29 is 19.4 Å². The van der Waals surface area contributed by atoms with E-state index in [0.717, 1.165) is 5.69 Å². The number of carbonyl (C=O) groups excluding carboxylic acids is 1. The Bertz CT molecular complexity index is 486. The number of carbonyl (C=O) groups is 2. The number of benzene rings is 1. The second-order valence-corrected chi connectivity index (χ2v) is 4.36. The van der Waals surface area contributed by atoms with E-state index in [1.165, 1.54) is 0 Å². The molecule has 0 aliphatic rings. The number of hydrazone groups is 1. The van der Waals surface area contributed by atoms with Gasteiger partial charge in [0.1, 0.15) is 5.71 Å². The molecule has 1 rings (SSSR count). The van der Waals surface area contributed by atoms with Crippen molar-refractivity contribution in [1.29, 1.82) is 0 Å². The fourth-order valence-corrected chi connectivity index (χ4v) is 1.63. The van der Waals surface area contributed by atoms with Crippen molar-refractivity contribution in [3.8, 4) is 0 Å². The van der Waals surface area contributed by atoms with Crippen LogP contribution >= 0.6 is 0 Å². The quantitative estimate of drug-likeness (QED) is 0.316. The van der Waals surface area contributed by atoms with Gasteiger partial charge in [0.05, 0.1) is 12.3 Å². The fraction of sp³-hybridized carbons (Fsp3) is 0.400. The first-order valence-corrected chi connectivity index (χ1v) is 6.90. The molecule has 0 amide bonds. The highest BCUT2D eigenvalue weighted by atomic mass is 16.5. The van der Waals surface area contributed by atoms with E-state index in [-0.39, 0.29) is 18.7 Å². The monoisotopic (exact) mass is 292 g/mol. The molecule has 6 nitrogen and oxygen atoms in total. The first-order chi connectivity index (χ1) is 10.1. The maximum Gasteiger partial charge on any atom is 0.354 e. The van der Waals surface area contributed by atoms with Crippen molar-refractivity contribution in [2.24, 2.45) is 5.10 Å². The summed E-state index contributed by atoms with van der Waals surface area (Å²) in [6.45, 7) is 2.00. The van der Waals surface area contributed by atoms with Gasteiger partial charge in [-0.05, 0) is 38.3 Å². The van der Waals surface area contributed by atoms with Crippen LogP contribution in [0.2, 0.25) is 0 Å². The van der Waals surface area contributed by atoms with E-state index in [4.69, 9.17) is 9.84 Å². The largest absolute Gasteiger partial charge is 0.481 e. The molecular weight excluding hydrogens is 272 g/mol. The number of nitrogens with one attached hydrogen (secondary N) is 1. The van der Waals surface area contributed by atoms with Gasteiger partial charge in [0.25, 0.3) is 0 Å². The number of anilines is 1. The molecule has 6 heteroatoms. The summed E-state index contributed by atoms with van der Waals surface area (Å²) in [5.41, 5.74) is 3.84. The van der Waals surface area contributed by atoms with Gasteiger partial charge in [0.2, 0.25) is 0 Å². The van der Waals surface area contributed by atoms with Gasteiger partial charge in [0.15, 0.2) is 0 Å². The molecule has 1 aromatic rings. The van der Waals surface area contributed by atoms with Gasteiger partial charge in [-0.2, -0.15) is 5.10 Å². The lowest BCUT2D eigenvalue weighted by Gasteiger charge is -2.07. The molecule has 0 spiro atoms. The summed E-state index contributed by atoms with van der Waals surface area (Å²) in [6, 6.07) is 9.25. The number of esters is 1. The fourth-order valence-electron chi connectivity index (χ4n) is 1.63. The third kappa shape index (κ3) is 7.10. The summed E-state index contributed by atoms with van der Waals surface area (Å²) < 4.78 is 4.94. The zero-order valence-electron chi connectivity index (χ0n) is 12.0. The summed E-state index contributed by atoms with van der Waals surface area (Å²) in [4.78, 5) is 22.2. The number of unbranched alkanes of at least 4 members (excludes halogenated alkanes) is 1. The van der Waals surface area contributed by atoms with Gasteiger partial charge in [-0.1, -0.05) is 18.2 Å². The molecule has 0 unspecified atom stereocenters. The molecule has 0 heterocycles. The number of hydrogen-bond acceptors (Lipinski definition) is 5. The smallest absolute Gasteiger partial charge is 0.354 e. The molecule has 0 aliphatic heterocycles. The van der Waals surface area contributed by atoms with E-state index >= 15 is 0 Å². The number of hydrogen-bond donors (Lipinski definition) is 2. The highest BCUT2D eigenvalue weighted by Crippen LogP contribution is 2.07. The molecule has 21 heavy (non-hydrogen) atoms. The van der Waals surface area contributed by atoms with Crippen LogP contribution in [0, 0.1) is 0 Å². The van der Waals surface area contributed by atoms with Gasteiger partial charge in [-0.25, -0.2) is 4.79 Å². The lowest BCUT2D eigenvalue weighted by atomic mass is 10.1. The predicted molar refractivity (Wildman–Crippen MR) is 80.2 cm³/mol. The lowest BCUT2D eigenvalue weighted by Crippen LogP contribution is -2.19. The molecule has 0 aromatic heterocycles. The molecule has 0 bridgehead atoms. The molecule has 0 atom stereocenters. The lowest BCUT2D eigenvalue weighted by molar-refractivity contribution is -0.137. The number of nitrogens with zero attached hydrogens (tertiary/aromatic N) is 1. The summed E-state index contributed by atoms with van der Waals surface area (Å²) >= 11 is 0. The molecular formula is C15H20N2O4. The van der Waals surface area contributed by atoms with Crippen LogP contribution in [0.15, 0.2) is 35.4 Å². The summed E-state index contributed by atoms with van der Waals surface area (Å²) in [7, 11) is 0. The van der Waals surface area contributed by atoms with E-state index in [2.05, 4.69) is 10.5 Å². The third-order valence-corrected chi connectivity index (χ3v) is 2.66. The van der Waals surface area contributed by atoms with Crippen molar-refractivity contribution in [2.45, 2.75) is 32.6 Å². The zero-order valence-corrected chi connectivity index (χ0v) is 12.0. The second-order valence-electron chi connectivity index (χ2n) is 4.36. The minimum Gasteiger partial charge on any atom is -0.481 e. The molecule has 0 saturated heterocycles. The Balaban J connectivity index is 2.58. The van der Waals surface area contributed by atoms with E-state index in [9.17, 15) is 9.59 Å². The van der Waals surface area contributed by atoms with Crippen LogP contribution in [0.4, 0.5) is 5.69 Å². The van der Waals surface area contributed by atoms with E-state index in [1.54, 1.807) is 6.92 Å². The molecule has 0 fully saturated rings. The molecule has 114 valence electrons. The number of rotatable bonds is 9. The van der Waals surface area contributed by atoms with Gasteiger partial charge in [-0.15, -0.1) is 0 Å². The van der Waals surface area contributed by atoms with E-state index in [0.29, 0.717) is 19.3 Å². The zero-order chi connectivity index (χ0) is 15.5. The van der Waals surface area contributed by atoms with Crippen LogP contribution in [0.5, 0.6) is 0 Å². The van der Waals surface area contributed by atoms with E-state index in [1.807, 2.05) is 30.3 Å². The van der Waals surface area contributed by atoms with Crippen LogP contribution in [-0.2, 0) is 14.3 Å². The topological polar surface area (TPSA) is 88.0 Å². The Labute approximate surface area is 123 Å². The van der Waals surface area contributed by atoms with Gasteiger partial charge < -0.3 is 9.84 Å². The van der Waals surface area contributed by atoms with Crippen molar-refractivity contribution in [3.05, 3.63) is 30.3 Å². The minimum atomic E-state index is -0.841. The highest BCUT2D eigenvalue weighted by molar-refractivity contribution is 6.36. The standard InChI is InChI=1S/C15H20N2O4/c1-2-21-15(20)13(10-6-7-11-14(18)19)17-16-12-8-4-3-5-9-12/h3-5,8-9,16H,2,6-7,10-11H2,1H3,(H,18,19)/b17-13+. The van der Waals surface area contributed by atoms with Gasteiger partial charge in [-0.3, -0.25) is 10.2 Å². The average molecular weight is 292 g/mol. The van der Waals surface area contributed by atoms with Crippen LogP contribution in [-0.4, -0.2) is 29.4 Å². The number of carboxylic acid groups (broad SMARTS) is 1. The Hall–Kier alpha value is -2.37. The average Bonchev–Trinajstić information content (AvgIpc) is 2.47. The molecule has 0 radical (unpaired) electrons. The molecule has 2 N–H and O–H groups in total. The third-order valence-electron chi connectivity index (χ3n) is 2.66. The number of carboxylic acids is 1. The first-order valence-electron chi connectivity index (χ1n) is 6.90. The van der Waals surface area contributed by atoms with E-state index < -0.39 is 11.9 Å². The Kier molecular flexibility index (Phi) is 7.56. The molecule has 0 aliphatic carbocycles. The summed E-state index contributed by atoms with van der Waals surface area (Å²) in [5, 5.41) is 12.7. The SMILES string of the molecule is CCOC(=O)/C(CCCCC(=O)O)=N/Nc1ccccc1. The van der Waals surface area contributed by atoms with Crippen molar-refractivity contribution >= 4 is 23.3 Å². The van der Waals surface area contributed by atoms with Gasteiger partial charge >= 0.3 is 11.9 Å². The van der Waals surface area contributed by atoms with Crippen molar-refractivity contribution in [1.82, 2.24) is 0 Å². The number of para-hydroxylation sites is 1. The first kappa shape index (κ1) is 16.7. The van der Waals surface area contributed by atoms with Gasteiger partial charge in [0, 0.05) is 6.42 Å². The highest BCUT2D eigenvalue weighted by Gasteiger charge is 2.13. The summed E-state index contributed by atoms with van der Waals surface area (Å²) in [5.74, 6) is -1.32. The van der Waals surface area contributed by atoms with Crippen molar-refractivity contribution in [3.63, 3.8) is 0 Å². The number of aliphatic carboxylic acids is 1. The van der Waals surface area contributed by atoms with Crippen LogP contribution in [0.25, 0.3) is 0 Å². The van der Waals surface area contributed by atoms with Crippen LogP contribution < -0.4 is 5.43 Å². The Morgan fingerprint density at radius 3 is 2.48 bits per heavy atom.